The molecule has 3 heteroatoms. The van der Waals surface area contributed by atoms with Crippen LogP contribution in [0.1, 0.15) is 37.7 Å². The number of aryl methyl sites for hydroxylation is 1. The van der Waals surface area contributed by atoms with E-state index in [0.717, 1.165) is 42.5 Å². The number of carbonyl (C=O) groups is 1. The number of nitriles is 1. The highest BCUT2D eigenvalue weighted by Crippen LogP contribution is 2.26. The molecule has 1 amide bonds. The topological polar surface area (TPSA) is 52.9 Å². The van der Waals surface area contributed by atoms with Gasteiger partial charge < -0.3 is 5.32 Å². The maximum atomic E-state index is 12.1. The van der Waals surface area contributed by atoms with E-state index in [1.165, 1.54) is 6.42 Å². The van der Waals surface area contributed by atoms with Crippen molar-refractivity contribution in [3.8, 4) is 6.07 Å². The Labute approximate surface area is 113 Å². The molecule has 1 saturated carbocycles. The molecule has 98 valence electrons. The molecule has 3 nitrogen and oxygen atoms in total. The summed E-state index contributed by atoms with van der Waals surface area (Å²) in [6.45, 7) is 2.00. The van der Waals surface area contributed by atoms with Crippen LogP contribution in [0, 0.1) is 18.3 Å². The number of hydrogen-bond acceptors (Lipinski definition) is 2. The Morgan fingerprint density at radius 2 is 1.79 bits per heavy atom. The summed E-state index contributed by atoms with van der Waals surface area (Å²) >= 11 is 0. The fourth-order valence-corrected chi connectivity index (χ4v) is 2.35. The molecule has 1 N–H and O–H groups in total. The fraction of sp³-hybridized carbons (Fsp3) is 0.375. The third kappa shape index (κ3) is 3.45. The third-order valence-electron chi connectivity index (χ3n) is 3.46. The van der Waals surface area contributed by atoms with Gasteiger partial charge in [0.05, 0.1) is 0 Å². The molecule has 2 rings (SSSR count). The summed E-state index contributed by atoms with van der Waals surface area (Å²) in [6, 6.07) is 9.66. The van der Waals surface area contributed by atoms with Crippen molar-refractivity contribution in [2.45, 2.75) is 39.0 Å². The van der Waals surface area contributed by atoms with Crippen molar-refractivity contribution in [2.24, 2.45) is 0 Å². The first-order valence-corrected chi connectivity index (χ1v) is 6.71. The lowest BCUT2D eigenvalue weighted by Crippen LogP contribution is -2.16. The van der Waals surface area contributed by atoms with Crippen LogP contribution in [0.4, 0.5) is 5.69 Å². The average molecular weight is 254 g/mol. The molecule has 0 aliphatic heterocycles. The molecule has 1 aliphatic carbocycles. The summed E-state index contributed by atoms with van der Waals surface area (Å²) in [5, 5.41) is 12.0. The number of hydrogen-bond donors (Lipinski definition) is 1. The number of allylic oxidation sites excluding steroid dienone is 1. The standard InChI is InChI=1S/C16H18N2O/c1-12-7-9-14(10-8-12)18-16(19)15(11-17)13-5-3-2-4-6-13/h7-10H,2-6H2,1H3,(H,18,19). The van der Waals surface area contributed by atoms with Gasteiger partial charge in [-0.3, -0.25) is 4.79 Å². The van der Waals surface area contributed by atoms with E-state index < -0.39 is 0 Å². The maximum absolute atomic E-state index is 12.1. The van der Waals surface area contributed by atoms with Gasteiger partial charge in [0.15, 0.2) is 0 Å². The minimum Gasteiger partial charge on any atom is -0.321 e. The van der Waals surface area contributed by atoms with Crippen LogP contribution in [0.15, 0.2) is 35.4 Å². The molecule has 19 heavy (non-hydrogen) atoms. The molecule has 0 saturated heterocycles. The van der Waals surface area contributed by atoms with Crippen LogP contribution < -0.4 is 5.32 Å². The summed E-state index contributed by atoms with van der Waals surface area (Å²) in [5.74, 6) is -0.275. The summed E-state index contributed by atoms with van der Waals surface area (Å²) in [7, 11) is 0. The normalized spacial score (nSPS) is 14.6. The molecule has 0 spiro atoms. The molecule has 0 heterocycles. The predicted octanol–water partition coefficient (Wildman–Crippen LogP) is 3.72. The molecule has 0 radical (unpaired) electrons. The van der Waals surface area contributed by atoms with Gasteiger partial charge in [-0.2, -0.15) is 5.26 Å². The smallest absolute Gasteiger partial charge is 0.266 e. The second-order valence-corrected chi connectivity index (χ2v) is 4.97. The van der Waals surface area contributed by atoms with Crippen LogP contribution in [-0.2, 0) is 4.79 Å². The Bertz CT molecular complexity index is 527. The van der Waals surface area contributed by atoms with Gasteiger partial charge in [-0.15, -0.1) is 0 Å². The number of benzene rings is 1. The van der Waals surface area contributed by atoms with Crippen molar-refractivity contribution in [1.82, 2.24) is 0 Å². The number of nitrogens with zero attached hydrogens (tertiary/aromatic N) is 1. The van der Waals surface area contributed by atoms with Crippen LogP contribution in [0.5, 0.6) is 0 Å². The van der Waals surface area contributed by atoms with E-state index in [0.29, 0.717) is 5.57 Å². The van der Waals surface area contributed by atoms with Crippen LogP contribution >= 0.6 is 0 Å². The molecule has 1 aromatic rings. The van der Waals surface area contributed by atoms with Gasteiger partial charge in [-0.1, -0.05) is 24.1 Å². The van der Waals surface area contributed by atoms with Crippen molar-refractivity contribution < 1.29 is 4.79 Å². The van der Waals surface area contributed by atoms with Gasteiger partial charge in [0.2, 0.25) is 0 Å². The van der Waals surface area contributed by atoms with Crippen molar-refractivity contribution in [1.29, 1.82) is 5.26 Å². The van der Waals surface area contributed by atoms with Crippen LogP contribution in [-0.4, -0.2) is 5.91 Å². The third-order valence-corrected chi connectivity index (χ3v) is 3.46. The largest absolute Gasteiger partial charge is 0.321 e. The van der Waals surface area contributed by atoms with Crippen LogP contribution in [0.25, 0.3) is 0 Å². The number of rotatable bonds is 2. The van der Waals surface area contributed by atoms with Crippen LogP contribution in [0.2, 0.25) is 0 Å². The maximum Gasteiger partial charge on any atom is 0.266 e. The number of carbonyl (C=O) groups excluding carboxylic acids is 1. The van der Waals surface area contributed by atoms with Gasteiger partial charge in [-0.05, 0) is 50.3 Å². The van der Waals surface area contributed by atoms with Gasteiger partial charge in [0, 0.05) is 5.69 Å². The molecule has 0 aromatic heterocycles. The molecule has 0 unspecified atom stereocenters. The quantitative estimate of drug-likeness (QED) is 0.646. The monoisotopic (exact) mass is 254 g/mol. The van der Waals surface area contributed by atoms with Gasteiger partial charge >= 0.3 is 0 Å². The van der Waals surface area contributed by atoms with Gasteiger partial charge in [0.25, 0.3) is 5.91 Å². The summed E-state index contributed by atoms with van der Waals surface area (Å²) in [4.78, 5) is 12.1. The SMILES string of the molecule is Cc1ccc(NC(=O)C(C#N)=C2CCCCC2)cc1. The first-order valence-electron chi connectivity index (χ1n) is 6.71. The Kier molecular flexibility index (Phi) is 4.35. The zero-order valence-corrected chi connectivity index (χ0v) is 11.2. The second-order valence-electron chi connectivity index (χ2n) is 4.97. The number of anilines is 1. The van der Waals surface area contributed by atoms with E-state index in [1.54, 1.807) is 0 Å². The lowest BCUT2D eigenvalue weighted by molar-refractivity contribution is -0.112. The lowest BCUT2D eigenvalue weighted by atomic mass is 9.91. The minimum absolute atomic E-state index is 0.275. The Hall–Kier alpha value is -2.08. The summed E-state index contributed by atoms with van der Waals surface area (Å²) < 4.78 is 0. The molecular weight excluding hydrogens is 236 g/mol. The van der Waals surface area contributed by atoms with Crippen molar-refractivity contribution in [3.05, 3.63) is 41.0 Å². The van der Waals surface area contributed by atoms with E-state index in [9.17, 15) is 10.1 Å². The predicted molar refractivity (Wildman–Crippen MR) is 75.5 cm³/mol. The van der Waals surface area contributed by atoms with E-state index in [-0.39, 0.29) is 5.91 Å². The molecule has 1 fully saturated rings. The first-order chi connectivity index (χ1) is 9.20. The molecule has 0 atom stereocenters. The second kappa shape index (κ2) is 6.19. The highest BCUT2D eigenvalue weighted by molar-refractivity contribution is 6.07. The summed E-state index contributed by atoms with van der Waals surface area (Å²) in [5.41, 5.74) is 3.20. The zero-order chi connectivity index (χ0) is 13.7. The lowest BCUT2D eigenvalue weighted by Gasteiger charge is -2.15. The Morgan fingerprint density at radius 1 is 1.16 bits per heavy atom. The van der Waals surface area contributed by atoms with Crippen molar-refractivity contribution in [3.63, 3.8) is 0 Å². The van der Waals surface area contributed by atoms with E-state index in [2.05, 4.69) is 11.4 Å². The number of nitrogens with one attached hydrogen (secondary N) is 1. The van der Waals surface area contributed by atoms with E-state index in [1.807, 2.05) is 31.2 Å². The summed E-state index contributed by atoms with van der Waals surface area (Å²) in [6.07, 6.45) is 5.12. The highest BCUT2D eigenvalue weighted by Gasteiger charge is 2.17. The molecule has 0 bridgehead atoms. The zero-order valence-electron chi connectivity index (χ0n) is 11.2. The Balaban J connectivity index is 2.13. The first kappa shape index (κ1) is 13.4. The van der Waals surface area contributed by atoms with E-state index in [4.69, 9.17) is 0 Å². The average Bonchev–Trinajstić information content (AvgIpc) is 2.43. The Morgan fingerprint density at radius 3 is 2.37 bits per heavy atom. The van der Waals surface area contributed by atoms with Crippen LogP contribution in [0.3, 0.4) is 0 Å². The van der Waals surface area contributed by atoms with Crippen molar-refractivity contribution in [2.75, 3.05) is 5.32 Å². The fourth-order valence-electron chi connectivity index (χ4n) is 2.35. The minimum atomic E-state index is -0.275. The highest BCUT2D eigenvalue weighted by atomic mass is 16.1. The van der Waals surface area contributed by atoms with Gasteiger partial charge in [-0.25, -0.2) is 0 Å². The van der Waals surface area contributed by atoms with Gasteiger partial charge in [0.1, 0.15) is 11.6 Å². The number of amides is 1. The molecule has 1 aromatic carbocycles. The van der Waals surface area contributed by atoms with E-state index >= 15 is 0 Å². The molecular formula is C16H18N2O. The molecule has 1 aliphatic rings. The van der Waals surface area contributed by atoms with Crippen molar-refractivity contribution >= 4 is 11.6 Å².